The first-order chi connectivity index (χ1) is 8.99. The van der Waals surface area contributed by atoms with Gasteiger partial charge < -0.3 is 4.74 Å². The number of carbonyl (C=O) groups excluding carboxylic acids is 4. The van der Waals surface area contributed by atoms with Crippen molar-refractivity contribution in [3.63, 3.8) is 0 Å². The topological polar surface area (TPSA) is 80.8 Å². The predicted octanol–water partition coefficient (Wildman–Crippen LogP) is 0.343. The number of hydrogen-bond donors (Lipinski definition) is 0. The number of Topliss-reactive ketones (excluding diaryl/α,β-unsaturated/α-hetero) is 2. The number of nitrogens with zero attached hydrogens (tertiary/aromatic N) is 1. The van der Waals surface area contributed by atoms with Crippen molar-refractivity contribution in [1.82, 2.24) is 0 Å². The van der Waals surface area contributed by atoms with Crippen LogP contribution in [0.25, 0.3) is 0 Å². The fraction of sp³-hybridized carbons (Fsp3) is 0.231. The smallest absolute Gasteiger partial charge is 0.302 e. The molecule has 6 heteroatoms. The molecule has 1 saturated heterocycles. The lowest BCUT2D eigenvalue weighted by molar-refractivity contribution is -0.139. The average Bonchev–Trinajstić information content (AvgIpc) is 2.60. The van der Waals surface area contributed by atoms with Gasteiger partial charge in [0.05, 0.1) is 12.8 Å². The number of anilines is 1. The second kappa shape index (κ2) is 4.64. The summed E-state index contributed by atoms with van der Waals surface area (Å²) in [6.45, 7) is 1.11. The van der Waals surface area contributed by atoms with E-state index < -0.39 is 29.3 Å². The molecule has 2 rings (SSSR count). The Morgan fingerprint density at radius 1 is 1.21 bits per heavy atom. The van der Waals surface area contributed by atoms with Crippen LogP contribution in [0.5, 0.6) is 5.75 Å². The van der Waals surface area contributed by atoms with Gasteiger partial charge in [0.25, 0.3) is 5.91 Å². The van der Waals surface area contributed by atoms with Crippen molar-refractivity contribution in [1.29, 1.82) is 0 Å². The van der Waals surface area contributed by atoms with Gasteiger partial charge in [0.15, 0.2) is 5.92 Å². The molecule has 0 unspecified atom stereocenters. The zero-order chi connectivity index (χ0) is 14.2. The third-order valence-corrected chi connectivity index (χ3v) is 2.88. The number of hydrogen-bond acceptors (Lipinski definition) is 5. The maximum absolute atomic E-state index is 12.0. The van der Waals surface area contributed by atoms with E-state index in [-0.39, 0.29) is 11.4 Å². The van der Waals surface area contributed by atoms with Gasteiger partial charge in [-0.2, -0.15) is 0 Å². The number of imide groups is 1. The summed E-state index contributed by atoms with van der Waals surface area (Å²) in [6, 6.07) is 6.30. The zero-order valence-electron chi connectivity index (χ0n) is 10.4. The van der Waals surface area contributed by atoms with Crippen LogP contribution in [0.1, 0.15) is 6.92 Å². The third kappa shape index (κ3) is 1.91. The van der Waals surface area contributed by atoms with Gasteiger partial charge >= 0.3 is 5.91 Å². The van der Waals surface area contributed by atoms with Gasteiger partial charge in [0, 0.05) is 0 Å². The number of rotatable bonds is 3. The fourth-order valence-electron chi connectivity index (χ4n) is 1.98. The highest BCUT2D eigenvalue weighted by atomic mass is 16.5. The SMILES string of the molecule is COc1ccccc1N1C(=O)C(=O)[C@@H](C(C)=O)C1=O. The molecule has 0 bridgehead atoms. The van der Waals surface area contributed by atoms with Crippen LogP contribution in [0.4, 0.5) is 5.69 Å². The van der Waals surface area contributed by atoms with Gasteiger partial charge in [-0.1, -0.05) is 12.1 Å². The highest BCUT2D eigenvalue weighted by molar-refractivity contribution is 6.59. The van der Waals surface area contributed by atoms with Crippen molar-refractivity contribution in [2.45, 2.75) is 6.92 Å². The van der Waals surface area contributed by atoms with E-state index in [2.05, 4.69) is 0 Å². The first kappa shape index (κ1) is 12.9. The molecule has 0 aromatic heterocycles. The Labute approximate surface area is 108 Å². The summed E-state index contributed by atoms with van der Waals surface area (Å²) >= 11 is 0. The van der Waals surface area contributed by atoms with E-state index in [1.165, 1.54) is 13.2 Å². The van der Waals surface area contributed by atoms with Crippen LogP contribution in [0.15, 0.2) is 24.3 Å². The quantitative estimate of drug-likeness (QED) is 0.445. The summed E-state index contributed by atoms with van der Waals surface area (Å²) < 4.78 is 5.04. The van der Waals surface area contributed by atoms with Crippen molar-refractivity contribution in [2.24, 2.45) is 5.92 Å². The van der Waals surface area contributed by atoms with E-state index in [0.717, 1.165) is 6.92 Å². The number of benzene rings is 1. The van der Waals surface area contributed by atoms with Gasteiger partial charge in [-0.3, -0.25) is 19.2 Å². The van der Waals surface area contributed by atoms with Crippen LogP contribution in [0.3, 0.4) is 0 Å². The molecule has 1 aliphatic heterocycles. The van der Waals surface area contributed by atoms with Crippen molar-refractivity contribution < 1.29 is 23.9 Å². The molecule has 19 heavy (non-hydrogen) atoms. The number of methoxy groups -OCH3 is 1. The fourth-order valence-corrected chi connectivity index (χ4v) is 1.98. The second-order valence-electron chi connectivity index (χ2n) is 4.06. The Balaban J connectivity index is 2.52. The largest absolute Gasteiger partial charge is 0.495 e. The Morgan fingerprint density at radius 3 is 2.37 bits per heavy atom. The maximum Gasteiger partial charge on any atom is 0.302 e. The summed E-state index contributed by atoms with van der Waals surface area (Å²) in [5.41, 5.74) is 0.164. The summed E-state index contributed by atoms with van der Waals surface area (Å²) in [5.74, 6) is -4.72. The lowest BCUT2D eigenvalue weighted by atomic mass is 10.0. The highest BCUT2D eigenvalue weighted by Gasteiger charge is 2.50. The molecule has 1 fully saturated rings. The minimum atomic E-state index is -1.53. The molecular weight excluding hydrogens is 250 g/mol. The Kier molecular flexibility index (Phi) is 3.16. The Morgan fingerprint density at radius 2 is 1.84 bits per heavy atom. The molecule has 2 amide bonds. The van der Waals surface area contributed by atoms with Gasteiger partial charge in [-0.05, 0) is 19.1 Å². The van der Waals surface area contributed by atoms with Crippen molar-refractivity contribution in [3.8, 4) is 5.75 Å². The first-order valence-corrected chi connectivity index (χ1v) is 5.54. The van der Waals surface area contributed by atoms with Crippen LogP contribution < -0.4 is 9.64 Å². The van der Waals surface area contributed by atoms with Crippen LogP contribution in [-0.2, 0) is 19.2 Å². The van der Waals surface area contributed by atoms with E-state index in [1.807, 2.05) is 0 Å². The predicted molar refractivity (Wildman–Crippen MR) is 64.7 cm³/mol. The molecule has 1 heterocycles. The minimum absolute atomic E-state index is 0.164. The lowest BCUT2D eigenvalue weighted by Gasteiger charge is -2.16. The first-order valence-electron chi connectivity index (χ1n) is 5.54. The molecule has 98 valence electrons. The maximum atomic E-state index is 12.0. The standard InChI is InChI=1S/C13H11NO5/c1-7(15)10-11(16)13(18)14(12(10)17)8-5-3-4-6-9(8)19-2/h3-6,10H,1-2H3/t10-/m1/s1. The molecule has 0 radical (unpaired) electrons. The lowest BCUT2D eigenvalue weighted by Crippen LogP contribution is -2.32. The molecule has 1 atom stereocenters. The molecule has 0 spiro atoms. The number of ketones is 2. The van der Waals surface area contributed by atoms with Crippen molar-refractivity contribution in [2.75, 3.05) is 12.0 Å². The summed E-state index contributed by atoms with van der Waals surface area (Å²) in [4.78, 5) is 47.6. The average molecular weight is 261 g/mol. The van der Waals surface area contributed by atoms with Crippen molar-refractivity contribution in [3.05, 3.63) is 24.3 Å². The molecule has 1 aromatic rings. The molecule has 0 N–H and O–H groups in total. The summed E-state index contributed by atoms with van der Waals surface area (Å²) in [5, 5.41) is 0. The number of amides is 2. The molecule has 1 aliphatic rings. The van der Waals surface area contributed by atoms with Gasteiger partial charge in [0.2, 0.25) is 5.78 Å². The molecule has 0 aliphatic carbocycles. The van der Waals surface area contributed by atoms with Gasteiger partial charge in [-0.15, -0.1) is 0 Å². The van der Waals surface area contributed by atoms with Gasteiger partial charge in [-0.25, -0.2) is 4.90 Å². The Bertz CT molecular complexity index is 592. The summed E-state index contributed by atoms with van der Waals surface area (Å²) in [6.07, 6.45) is 0. The molecular formula is C13H11NO5. The number of para-hydroxylation sites is 2. The number of ether oxygens (including phenoxy) is 1. The second-order valence-corrected chi connectivity index (χ2v) is 4.06. The van der Waals surface area contributed by atoms with Crippen molar-refractivity contribution >= 4 is 29.1 Å². The highest BCUT2D eigenvalue weighted by Crippen LogP contribution is 2.32. The normalized spacial score (nSPS) is 18.9. The van der Waals surface area contributed by atoms with Gasteiger partial charge in [0.1, 0.15) is 11.5 Å². The zero-order valence-corrected chi connectivity index (χ0v) is 10.4. The van der Waals surface area contributed by atoms with E-state index >= 15 is 0 Å². The Hall–Kier alpha value is -2.50. The van der Waals surface area contributed by atoms with Crippen LogP contribution in [-0.4, -0.2) is 30.5 Å². The van der Waals surface area contributed by atoms with Crippen LogP contribution in [0, 0.1) is 5.92 Å². The van der Waals surface area contributed by atoms with E-state index in [1.54, 1.807) is 18.2 Å². The van der Waals surface area contributed by atoms with E-state index in [9.17, 15) is 19.2 Å². The van der Waals surface area contributed by atoms with E-state index in [0.29, 0.717) is 4.90 Å². The third-order valence-electron chi connectivity index (χ3n) is 2.88. The molecule has 0 saturated carbocycles. The molecule has 6 nitrogen and oxygen atoms in total. The van der Waals surface area contributed by atoms with E-state index in [4.69, 9.17) is 4.74 Å². The summed E-state index contributed by atoms with van der Waals surface area (Å²) in [7, 11) is 1.38. The number of carbonyl (C=O) groups is 4. The molecule has 1 aromatic carbocycles. The van der Waals surface area contributed by atoms with Crippen LogP contribution >= 0.6 is 0 Å². The monoisotopic (exact) mass is 261 g/mol. The van der Waals surface area contributed by atoms with Crippen LogP contribution in [0.2, 0.25) is 0 Å². The minimum Gasteiger partial charge on any atom is -0.495 e.